The van der Waals surface area contributed by atoms with Crippen LogP contribution < -0.4 is 5.32 Å². The molecule has 5 heteroatoms. The number of hydrogen-bond acceptors (Lipinski definition) is 3. The Hall–Kier alpha value is -1.36. The fourth-order valence-corrected chi connectivity index (χ4v) is 3.15. The molecule has 1 saturated carbocycles. The molecule has 2 unspecified atom stereocenters. The molecule has 1 aliphatic rings. The zero-order valence-electron chi connectivity index (χ0n) is 12.9. The number of aryl methyl sites for hydroxylation is 2. The monoisotopic (exact) mass is 279 g/mol. The van der Waals surface area contributed by atoms with Gasteiger partial charge in [0.1, 0.15) is 0 Å². The van der Waals surface area contributed by atoms with Crippen LogP contribution in [-0.4, -0.2) is 33.4 Å². The van der Waals surface area contributed by atoms with Crippen LogP contribution in [0.3, 0.4) is 0 Å². The molecule has 1 aliphatic carbocycles. The van der Waals surface area contributed by atoms with Crippen molar-refractivity contribution < 1.29 is 9.90 Å². The topological polar surface area (TPSA) is 67.2 Å². The predicted octanol–water partition coefficient (Wildman–Crippen LogP) is 1.25. The fraction of sp³-hybridized carbons (Fsp3) is 0.733. The highest BCUT2D eigenvalue weighted by Crippen LogP contribution is 2.37. The van der Waals surface area contributed by atoms with E-state index in [2.05, 4.69) is 10.4 Å². The second-order valence-corrected chi connectivity index (χ2v) is 6.27. The quantitative estimate of drug-likeness (QED) is 0.871. The number of nitrogens with zero attached hydrogens (tertiary/aromatic N) is 2. The van der Waals surface area contributed by atoms with Crippen molar-refractivity contribution in [3.8, 4) is 0 Å². The highest BCUT2D eigenvalue weighted by atomic mass is 16.3. The van der Waals surface area contributed by atoms with Gasteiger partial charge in [0.2, 0.25) is 5.91 Å². The normalized spacial score (nSPS) is 25.9. The van der Waals surface area contributed by atoms with Gasteiger partial charge in [-0.25, -0.2) is 0 Å². The maximum absolute atomic E-state index is 12.3. The fourth-order valence-electron chi connectivity index (χ4n) is 3.15. The molecule has 112 valence electrons. The van der Waals surface area contributed by atoms with Crippen LogP contribution in [0.15, 0.2) is 0 Å². The molecule has 20 heavy (non-hydrogen) atoms. The van der Waals surface area contributed by atoms with Gasteiger partial charge < -0.3 is 10.4 Å². The third-order valence-corrected chi connectivity index (χ3v) is 4.77. The number of nitrogens with one attached hydrogen (secondary N) is 1. The summed E-state index contributed by atoms with van der Waals surface area (Å²) in [5.74, 6) is 0.0239. The van der Waals surface area contributed by atoms with Gasteiger partial charge in [-0.05, 0) is 26.7 Å². The Bertz CT molecular complexity index is 509. The molecule has 2 rings (SSSR count). The maximum atomic E-state index is 12.3. The van der Waals surface area contributed by atoms with Gasteiger partial charge in [-0.3, -0.25) is 9.48 Å². The number of carbonyl (C=O) groups is 1. The van der Waals surface area contributed by atoms with Gasteiger partial charge in [0, 0.05) is 29.8 Å². The first-order valence-electron chi connectivity index (χ1n) is 7.26. The SMILES string of the molecule is Cc1nn(C)c(C)c1CC(=O)NC1CCCC1(C)CO. The van der Waals surface area contributed by atoms with Crippen molar-refractivity contribution >= 4 is 5.91 Å². The Balaban J connectivity index is 2.03. The number of amides is 1. The van der Waals surface area contributed by atoms with E-state index < -0.39 is 0 Å². The van der Waals surface area contributed by atoms with Crippen LogP contribution in [0.4, 0.5) is 0 Å². The van der Waals surface area contributed by atoms with Gasteiger partial charge >= 0.3 is 0 Å². The smallest absolute Gasteiger partial charge is 0.224 e. The van der Waals surface area contributed by atoms with Crippen LogP contribution in [0.5, 0.6) is 0 Å². The number of aliphatic hydroxyl groups excluding tert-OH is 1. The minimum absolute atomic E-state index is 0.0239. The molecule has 0 bridgehead atoms. The third-order valence-electron chi connectivity index (χ3n) is 4.77. The van der Waals surface area contributed by atoms with Crippen molar-refractivity contribution in [2.45, 2.75) is 52.5 Å². The van der Waals surface area contributed by atoms with Crippen molar-refractivity contribution in [2.75, 3.05) is 6.61 Å². The molecule has 0 spiro atoms. The molecule has 0 radical (unpaired) electrons. The summed E-state index contributed by atoms with van der Waals surface area (Å²) in [4.78, 5) is 12.3. The molecule has 2 atom stereocenters. The van der Waals surface area contributed by atoms with E-state index in [-0.39, 0.29) is 24.0 Å². The van der Waals surface area contributed by atoms with Crippen LogP contribution in [0.2, 0.25) is 0 Å². The summed E-state index contributed by atoms with van der Waals surface area (Å²) in [6, 6.07) is 0.0808. The first kappa shape index (κ1) is 15.0. The number of aliphatic hydroxyl groups is 1. The van der Waals surface area contributed by atoms with E-state index in [0.717, 1.165) is 36.2 Å². The van der Waals surface area contributed by atoms with Crippen LogP contribution in [-0.2, 0) is 18.3 Å². The molecular weight excluding hydrogens is 254 g/mol. The van der Waals surface area contributed by atoms with Crippen LogP contribution in [0.1, 0.15) is 43.1 Å². The molecular formula is C15H25N3O2. The van der Waals surface area contributed by atoms with Crippen molar-refractivity contribution in [1.82, 2.24) is 15.1 Å². The van der Waals surface area contributed by atoms with E-state index in [9.17, 15) is 9.90 Å². The Kier molecular flexibility index (Phi) is 4.18. The van der Waals surface area contributed by atoms with Crippen molar-refractivity contribution in [3.63, 3.8) is 0 Å². The lowest BCUT2D eigenvalue weighted by atomic mass is 9.85. The van der Waals surface area contributed by atoms with E-state index in [4.69, 9.17) is 0 Å². The second kappa shape index (κ2) is 5.56. The third kappa shape index (κ3) is 2.73. The van der Waals surface area contributed by atoms with Gasteiger partial charge in [0.25, 0.3) is 0 Å². The summed E-state index contributed by atoms with van der Waals surface area (Å²) in [7, 11) is 1.89. The van der Waals surface area contributed by atoms with E-state index in [1.807, 2.05) is 32.5 Å². The summed E-state index contributed by atoms with van der Waals surface area (Å²) in [5.41, 5.74) is 2.79. The zero-order valence-corrected chi connectivity index (χ0v) is 12.9. The minimum Gasteiger partial charge on any atom is -0.396 e. The number of hydrogen-bond donors (Lipinski definition) is 2. The van der Waals surface area contributed by atoms with Crippen molar-refractivity contribution in [3.05, 3.63) is 17.0 Å². The summed E-state index contributed by atoms with van der Waals surface area (Å²) in [5, 5.41) is 17.0. The van der Waals surface area contributed by atoms with Crippen LogP contribution >= 0.6 is 0 Å². The van der Waals surface area contributed by atoms with E-state index in [0.29, 0.717) is 6.42 Å². The number of carbonyl (C=O) groups excluding carboxylic acids is 1. The average molecular weight is 279 g/mol. The van der Waals surface area contributed by atoms with Gasteiger partial charge in [0.15, 0.2) is 0 Å². The molecule has 0 saturated heterocycles. The molecule has 0 aromatic carbocycles. The van der Waals surface area contributed by atoms with Crippen LogP contribution in [0.25, 0.3) is 0 Å². The number of aromatic nitrogens is 2. The summed E-state index contributed by atoms with van der Waals surface area (Å²) < 4.78 is 1.81. The summed E-state index contributed by atoms with van der Waals surface area (Å²) in [6.07, 6.45) is 3.35. The van der Waals surface area contributed by atoms with Gasteiger partial charge in [-0.15, -0.1) is 0 Å². The standard InChI is InChI=1S/C15H25N3O2/c1-10-12(11(2)18(4)17-10)8-14(20)16-13-6-5-7-15(13,3)9-19/h13,19H,5-9H2,1-4H3,(H,16,20). The van der Waals surface area contributed by atoms with Crippen LogP contribution in [0, 0.1) is 19.3 Å². The van der Waals surface area contributed by atoms with Crippen molar-refractivity contribution in [2.24, 2.45) is 12.5 Å². The average Bonchev–Trinajstić information content (AvgIpc) is 2.86. The molecule has 0 aliphatic heterocycles. The Morgan fingerprint density at radius 1 is 1.55 bits per heavy atom. The lowest BCUT2D eigenvalue weighted by Gasteiger charge is -2.30. The van der Waals surface area contributed by atoms with E-state index in [1.54, 1.807) is 0 Å². The zero-order chi connectivity index (χ0) is 14.9. The van der Waals surface area contributed by atoms with Crippen molar-refractivity contribution in [1.29, 1.82) is 0 Å². The van der Waals surface area contributed by atoms with E-state index >= 15 is 0 Å². The maximum Gasteiger partial charge on any atom is 0.224 e. The Morgan fingerprint density at radius 2 is 2.25 bits per heavy atom. The highest BCUT2D eigenvalue weighted by molar-refractivity contribution is 5.79. The lowest BCUT2D eigenvalue weighted by molar-refractivity contribution is -0.122. The lowest BCUT2D eigenvalue weighted by Crippen LogP contribution is -2.45. The molecule has 1 aromatic rings. The van der Waals surface area contributed by atoms with Gasteiger partial charge in [-0.1, -0.05) is 13.3 Å². The predicted molar refractivity (Wildman–Crippen MR) is 77.4 cm³/mol. The first-order chi connectivity index (χ1) is 9.37. The molecule has 5 nitrogen and oxygen atoms in total. The summed E-state index contributed by atoms with van der Waals surface area (Å²) in [6.45, 7) is 6.09. The highest BCUT2D eigenvalue weighted by Gasteiger charge is 2.39. The largest absolute Gasteiger partial charge is 0.396 e. The molecule has 1 heterocycles. The first-order valence-corrected chi connectivity index (χ1v) is 7.26. The summed E-state index contributed by atoms with van der Waals surface area (Å²) >= 11 is 0. The Morgan fingerprint density at radius 3 is 2.80 bits per heavy atom. The molecule has 1 aromatic heterocycles. The molecule has 2 N–H and O–H groups in total. The number of rotatable bonds is 4. The van der Waals surface area contributed by atoms with Gasteiger partial charge in [-0.2, -0.15) is 5.10 Å². The van der Waals surface area contributed by atoms with Gasteiger partial charge in [0.05, 0.1) is 18.7 Å². The van der Waals surface area contributed by atoms with E-state index in [1.165, 1.54) is 0 Å². The Labute approximate surface area is 120 Å². The second-order valence-electron chi connectivity index (χ2n) is 6.27. The molecule has 1 fully saturated rings. The molecule has 1 amide bonds. The minimum atomic E-state index is -0.172.